The Hall–Kier alpha value is -2.73. The first kappa shape index (κ1) is 17.7. The third-order valence-corrected chi connectivity index (χ3v) is 5.60. The number of anilines is 1. The molecule has 0 spiro atoms. The zero-order valence-corrected chi connectivity index (χ0v) is 16.4. The summed E-state index contributed by atoms with van der Waals surface area (Å²) in [5.41, 5.74) is 3.18. The van der Waals surface area contributed by atoms with Gasteiger partial charge in [0.25, 0.3) is 5.91 Å². The second-order valence-electron chi connectivity index (χ2n) is 6.82. The van der Waals surface area contributed by atoms with E-state index in [0.717, 1.165) is 40.9 Å². The van der Waals surface area contributed by atoms with Gasteiger partial charge < -0.3 is 9.80 Å². The van der Waals surface area contributed by atoms with E-state index in [4.69, 9.17) is 4.98 Å². The molecule has 27 heavy (non-hydrogen) atoms. The van der Waals surface area contributed by atoms with Crippen molar-refractivity contribution in [2.24, 2.45) is 0 Å². The van der Waals surface area contributed by atoms with E-state index >= 15 is 0 Å². The molecular formula is C21H22N4OS. The lowest BCUT2D eigenvalue weighted by Gasteiger charge is -2.35. The van der Waals surface area contributed by atoms with Gasteiger partial charge in [0, 0.05) is 43.5 Å². The van der Waals surface area contributed by atoms with Crippen molar-refractivity contribution in [3.63, 3.8) is 0 Å². The van der Waals surface area contributed by atoms with Crippen LogP contribution in [0.3, 0.4) is 0 Å². The Kier molecular flexibility index (Phi) is 4.90. The number of thiophene rings is 1. The minimum absolute atomic E-state index is 0.129. The molecule has 0 atom stereocenters. The Morgan fingerprint density at radius 1 is 1.00 bits per heavy atom. The minimum atomic E-state index is 0.129. The molecule has 1 fully saturated rings. The Balaban J connectivity index is 1.51. The van der Waals surface area contributed by atoms with Gasteiger partial charge in [-0.2, -0.15) is 0 Å². The molecule has 5 nitrogen and oxygen atoms in total. The van der Waals surface area contributed by atoms with E-state index in [2.05, 4.69) is 28.9 Å². The fourth-order valence-electron chi connectivity index (χ4n) is 3.32. The number of carbonyl (C=O) groups is 1. The van der Waals surface area contributed by atoms with E-state index in [1.165, 1.54) is 16.9 Å². The molecule has 4 rings (SSSR count). The third kappa shape index (κ3) is 3.85. The van der Waals surface area contributed by atoms with Crippen molar-refractivity contribution in [1.29, 1.82) is 0 Å². The van der Waals surface area contributed by atoms with Crippen LogP contribution in [0.1, 0.15) is 20.9 Å². The number of piperazine rings is 1. The minimum Gasteiger partial charge on any atom is -0.353 e. The summed E-state index contributed by atoms with van der Waals surface area (Å²) >= 11 is 1.50. The number of benzene rings is 1. The van der Waals surface area contributed by atoms with Crippen molar-refractivity contribution in [1.82, 2.24) is 14.9 Å². The third-order valence-electron chi connectivity index (χ3n) is 4.74. The van der Waals surface area contributed by atoms with Crippen LogP contribution in [0.25, 0.3) is 11.4 Å². The number of carbonyl (C=O) groups excluding carboxylic acids is 1. The lowest BCUT2D eigenvalue weighted by atomic mass is 10.1. The molecule has 1 amide bonds. The molecule has 0 saturated carbocycles. The number of amides is 1. The quantitative estimate of drug-likeness (QED) is 0.696. The van der Waals surface area contributed by atoms with E-state index in [1.807, 2.05) is 47.5 Å². The van der Waals surface area contributed by atoms with Gasteiger partial charge in [-0.3, -0.25) is 4.79 Å². The highest BCUT2D eigenvalue weighted by Crippen LogP contribution is 2.22. The van der Waals surface area contributed by atoms with Crippen molar-refractivity contribution < 1.29 is 4.79 Å². The molecule has 138 valence electrons. The molecule has 6 heteroatoms. The molecule has 0 radical (unpaired) electrons. The largest absolute Gasteiger partial charge is 0.353 e. The summed E-state index contributed by atoms with van der Waals surface area (Å²) in [4.78, 5) is 26.9. The van der Waals surface area contributed by atoms with Crippen molar-refractivity contribution in [2.45, 2.75) is 13.8 Å². The summed E-state index contributed by atoms with van der Waals surface area (Å²) in [7, 11) is 0. The van der Waals surface area contributed by atoms with Crippen molar-refractivity contribution in [3.8, 4) is 11.4 Å². The molecule has 0 unspecified atom stereocenters. The van der Waals surface area contributed by atoms with Gasteiger partial charge in [0.15, 0.2) is 5.82 Å². The van der Waals surface area contributed by atoms with Crippen LogP contribution in [0.15, 0.2) is 47.8 Å². The maximum atomic E-state index is 12.5. The first-order chi connectivity index (χ1) is 13.1. The van der Waals surface area contributed by atoms with Gasteiger partial charge in [-0.05, 0) is 31.4 Å². The predicted molar refractivity (Wildman–Crippen MR) is 109 cm³/mol. The highest BCUT2D eigenvalue weighted by Gasteiger charge is 2.24. The van der Waals surface area contributed by atoms with Gasteiger partial charge in [0.2, 0.25) is 0 Å². The monoisotopic (exact) mass is 378 g/mol. The Morgan fingerprint density at radius 3 is 2.52 bits per heavy atom. The summed E-state index contributed by atoms with van der Waals surface area (Å²) < 4.78 is 0. The van der Waals surface area contributed by atoms with Gasteiger partial charge in [0.05, 0.1) is 4.88 Å². The number of aromatic nitrogens is 2. The van der Waals surface area contributed by atoms with Gasteiger partial charge >= 0.3 is 0 Å². The van der Waals surface area contributed by atoms with E-state index in [0.29, 0.717) is 13.1 Å². The van der Waals surface area contributed by atoms with Crippen molar-refractivity contribution in [3.05, 3.63) is 64.0 Å². The molecule has 0 bridgehead atoms. The maximum Gasteiger partial charge on any atom is 0.264 e. The molecule has 2 aromatic heterocycles. The second kappa shape index (κ2) is 7.48. The predicted octanol–water partition coefficient (Wildman–Crippen LogP) is 3.78. The zero-order valence-electron chi connectivity index (χ0n) is 15.6. The highest BCUT2D eigenvalue weighted by molar-refractivity contribution is 7.12. The summed E-state index contributed by atoms with van der Waals surface area (Å²) in [5, 5.41) is 1.94. The van der Waals surface area contributed by atoms with Crippen LogP contribution >= 0.6 is 11.3 Å². The number of aryl methyl sites for hydroxylation is 2. The first-order valence-electron chi connectivity index (χ1n) is 9.10. The van der Waals surface area contributed by atoms with Crippen LogP contribution in [0.4, 0.5) is 5.82 Å². The highest BCUT2D eigenvalue weighted by atomic mass is 32.1. The summed E-state index contributed by atoms with van der Waals surface area (Å²) in [5.74, 6) is 1.82. The van der Waals surface area contributed by atoms with E-state index in [-0.39, 0.29) is 5.91 Å². The van der Waals surface area contributed by atoms with Crippen molar-refractivity contribution in [2.75, 3.05) is 31.1 Å². The summed E-state index contributed by atoms with van der Waals surface area (Å²) in [6.45, 7) is 7.05. The molecular weight excluding hydrogens is 356 g/mol. The fourth-order valence-corrected chi connectivity index (χ4v) is 4.01. The summed E-state index contributed by atoms with van der Waals surface area (Å²) in [6, 6.07) is 14.1. The van der Waals surface area contributed by atoms with Crippen LogP contribution in [0.2, 0.25) is 0 Å². The molecule has 3 heterocycles. The van der Waals surface area contributed by atoms with Crippen LogP contribution in [-0.2, 0) is 0 Å². The zero-order chi connectivity index (χ0) is 18.8. The number of rotatable bonds is 3. The SMILES string of the molecule is Cc1cccc(-c2nc(C)cc(N3CCN(C(=O)c4cccs4)CC3)n2)c1. The van der Waals surface area contributed by atoms with Gasteiger partial charge in [0.1, 0.15) is 5.82 Å². The molecule has 0 aliphatic carbocycles. The summed E-state index contributed by atoms with van der Waals surface area (Å²) in [6.07, 6.45) is 0. The average molecular weight is 379 g/mol. The van der Waals surface area contributed by atoms with Gasteiger partial charge in [-0.15, -0.1) is 11.3 Å². The normalized spacial score (nSPS) is 14.4. The maximum absolute atomic E-state index is 12.5. The van der Waals surface area contributed by atoms with Crippen LogP contribution < -0.4 is 4.90 Å². The standard InChI is InChI=1S/C21H22N4OS/c1-15-5-3-6-17(13-15)20-22-16(2)14-19(23-20)24-8-10-25(11-9-24)21(26)18-7-4-12-27-18/h3-7,12-14H,8-11H2,1-2H3. The lowest BCUT2D eigenvalue weighted by molar-refractivity contribution is 0.0751. The molecule has 3 aromatic rings. The number of nitrogens with zero attached hydrogens (tertiary/aromatic N) is 4. The molecule has 0 N–H and O–H groups in total. The lowest BCUT2D eigenvalue weighted by Crippen LogP contribution is -2.49. The average Bonchev–Trinajstić information content (AvgIpc) is 3.22. The van der Waals surface area contributed by atoms with Crippen LogP contribution in [-0.4, -0.2) is 47.0 Å². The topological polar surface area (TPSA) is 49.3 Å². The molecule has 1 aliphatic rings. The number of hydrogen-bond acceptors (Lipinski definition) is 5. The molecule has 1 aliphatic heterocycles. The Morgan fingerprint density at radius 2 is 1.81 bits per heavy atom. The second-order valence-corrected chi connectivity index (χ2v) is 7.76. The van der Waals surface area contributed by atoms with E-state index in [1.54, 1.807) is 0 Å². The number of hydrogen-bond donors (Lipinski definition) is 0. The van der Waals surface area contributed by atoms with Crippen molar-refractivity contribution >= 4 is 23.1 Å². The Bertz CT molecular complexity index is 947. The molecule has 1 aromatic carbocycles. The Labute approximate surface area is 163 Å². The van der Waals surface area contributed by atoms with E-state index in [9.17, 15) is 4.79 Å². The van der Waals surface area contributed by atoms with Gasteiger partial charge in [-0.1, -0.05) is 29.8 Å². The van der Waals surface area contributed by atoms with E-state index < -0.39 is 0 Å². The first-order valence-corrected chi connectivity index (χ1v) is 9.98. The van der Waals surface area contributed by atoms with Crippen LogP contribution in [0, 0.1) is 13.8 Å². The fraction of sp³-hybridized carbons (Fsp3) is 0.286. The van der Waals surface area contributed by atoms with Crippen LogP contribution in [0.5, 0.6) is 0 Å². The molecule has 1 saturated heterocycles. The van der Waals surface area contributed by atoms with Gasteiger partial charge in [-0.25, -0.2) is 9.97 Å². The smallest absolute Gasteiger partial charge is 0.264 e.